The summed E-state index contributed by atoms with van der Waals surface area (Å²) in [6.45, 7) is 4.05. The summed E-state index contributed by atoms with van der Waals surface area (Å²) in [6, 6.07) is 0. The van der Waals surface area contributed by atoms with E-state index >= 15 is 0 Å². The Bertz CT molecular complexity index is 232. The van der Waals surface area contributed by atoms with Gasteiger partial charge >= 0.3 is 0 Å². The van der Waals surface area contributed by atoms with E-state index < -0.39 is 0 Å². The minimum atomic E-state index is 0.933. The first-order chi connectivity index (χ1) is 5.74. The van der Waals surface area contributed by atoms with Crippen LogP contribution in [0.4, 0.5) is 5.13 Å². The van der Waals surface area contributed by atoms with E-state index in [1.807, 2.05) is 25.2 Å². The Balaban J connectivity index is 2.52. The van der Waals surface area contributed by atoms with Gasteiger partial charge in [-0.1, -0.05) is 6.92 Å². The van der Waals surface area contributed by atoms with Gasteiger partial charge in [-0.05, 0) is 6.54 Å². The Morgan fingerprint density at radius 2 is 2.33 bits per heavy atom. The number of rotatable bonds is 4. The molecule has 3 nitrogen and oxygen atoms in total. The molecule has 0 radical (unpaired) electrons. The van der Waals surface area contributed by atoms with Crippen molar-refractivity contribution in [3.05, 3.63) is 11.1 Å². The number of aromatic nitrogens is 1. The molecule has 1 N–H and O–H groups in total. The summed E-state index contributed by atoms with van der Waals surface area (Å²) in [6.07, 6.45) is 1.93. The molecule has 0 saturated heterocycles. The molecule has 0 fully saturated rings. The van der Waals surface area contributed by atoms with Gasteiger partial charge in [-0.2, -0.15) is 0 Å². The second-order valence-corrected chi connectivity index (χ2v) is 3.88. The molecular weight excluding hydrogens is 170 g/mol. The fraction of sp³-hybridized carbons (Fsp3) is 0.625. The maximum Gasteiger partial charge on any atom is 0.185 e. The molecule has 0 saturated carbocycles. The van der Waals surface area contributed by atoms with Crippen molar-refractivity contribution in [2.45, 2.75) is 13.5 Å². The summed E-state index contributed by atoms with van der Waals surface area (Å²) in [4.78, 5) is 7.59. The lowest BCUT2D eigenvalue weighted by Crippen LogP contribution is -2.10. The topological polar surface area (TPSA) is 28.2 Å². The Morgan fingerprint density at radius 1 is 1.58 bits per heavy atom. The monoisotopic (exact) mass is 185 g/mol. The molecule has 12 heavy (non-hydrogen) atoms. The van der Waals surface area contributed by atoms with Gasteiger partial charge in [-0.25, -0.2) is 4.98 Å². The lowest BCUT2D eigenvalue weighted by Gasteiger charge is -2.05. The number of hydrogen-bond acceptors (Lipinski definition) is 4. The molecule has 0 aliphatic rings. The number of anilines is 1. The van der Waals surface area contributed by atoms with E-state index in [-0.39, 0.29) is 0 Å². The third kappa shape index (κ3) is 2.46. The first-order valence-corrected chi connectivity index (χ1v) is 4.88. The van der Waals surface area contributed by atoms with E-state index in [9.17, 15) is 0 Å². The zero-order valence-corrected chi connectivity index (χ0v) is 8.61. The van der Waals surface area contributed by atoms with Crippen molar-refractivity contribution in [3.63, 3.8) is 0 Å². The van der Waals surface area contributed by atoms with Gasteiger partial charge in [0.15, 0.2) is 5.13 Å². The predicted molar refractivity (Wildman–Crippen MR) is 53.8 cm³/mol. The third-order valence-corrected chi connectivity index (χ3v) is 2.64. The highest BCUT2D eigenvalue weighted by molar-refractivity contribution is 7.15. The van der Waals surface area contributed by atoms with Gasteiger partial charge in [0.05, 0.1) is 0 Å². The van der Waals surface area contributed by atoms with Gasteiger partial charge in [0.1, 0.15) is 0 Å². The highest BCUT2D eigenvalue weighted by Crippen LogP contribution is 2.19. The molecule has 1 heterocycles. The van der Waals surface area contributed by atoms with Gasteiger partial charge in [0.2, 0.25) is 0 Å². The van der Waals surface area contributed by atoms with Crippen molar-refractivity contribution < 1.29 is 0 Å². The van der Waals surface area contributed by atoms with Crippen LogP contribution < -0.4 is 10.2 Å². The Morgan fingerprint density at radius 3 is 2.83 bits per heavy atom. The van der Waals surface area contributed by atoms with Gasteiger partial charge in [0.25, 0.3) is 0 Å². The fourth-order valence-corrected chi connectivity index (χ4v) is 1.64. The summed E-state index contributed by atoms with van der Waals surface area (Å²) < 4.78 is 0. The molecule has 0 aliphatic heterocycles. The Labute approximate surface area is 77.4 Å². The Kier molecular flexibility index (Phi) is 3.49. The van der Waals surface area contributed by atoms with Crippen LogP contribution in [0.1, 0.15) is 11.8 Å². The average Bonchev–Trinajstić information content (AvgIpc) is 2.48. The molecule has 0 spiro atoms. The zero-order valence-electron chi connectivity index (χ0n) is 7.79. The highest BCUT2D eigenvalue weighted by Gasteiger charge is 2.01. The van der Waals surface area contributed by atoms with Crippen LogP contribution in [-0.4, -0.2) is 25.6 Å². The van der Waals surface area contributed by atoms with E-state index in [4.69, 9.17) is 0 Å². The summed E-state index contributed by atoms with van der Waals surface area (Å²) in [5.41, 5.74) is 0. The van der Waals surface area contributed by atoms with Crippen LogP contribution >= 0.6 is 11.3 Å². The molecule has 68 valence electrons. The van der Waals surface area contributed by atoms with Crippen LogP contribution in [0.15, 0.2) is 6.20 Å². The van der Waals surface area contributed by atoms with Crippen molar-refractivity contribution in [3.8, 4) is 0 Å². The second-order valence-electron chi connectivity index (χ2n) is 2.78. The molecule has 1 rings (SSSR count). The number of hydrogen-bond donors (Lipinski definition) is 1. The van der Waals surface area contributed by atoms with Gasteiger partial charge in [-0.3, -0.25) is 0 Å². The Hall–Kier alpha value is -0.610. The van der Waals surface area contributed by atoms with Gasteiger partial charge in [-0.15, -0.1) is 11.3 Å². The smallest absolute Gasteiger partial charge is 0.185 e. The minimum absolute atomic E-state index is 0.933. The number of thiazole rings is 1. The third-order valence-electron chi connectivity index (χ3n) is 1.47. The zero-order chi connectivity index (χ0) is 8.97. The van der Waals surface area contributed by atoms with E-state index in [2.05, 4.69) is 17.2 Å². The molecule has 1 aromatic rings. The maximum absolute atomic E-state index is 4.27. The van der Waals surface area contributed by atoms with Gasteiger partial charge in [0, 0.05) is 31.7 Å². The molecule has 4 heteroatoms. The standard InChI is InChI=1S/C8H15N3S/c1-4-9-5-7-6-10-8(12-7)11(2)3/h6,9H,4-5H2,1-3H3. The molecule has 0 bridgehead atoms. The van der Waals surface area contributed by atoms with Crippen LogP contribution in [0.3, 0.4) is 0 Å². The quantitative estimate of drug-likeness (QED) is 0.767. The SMILES string of the molecule is CCNCc1cnc(N(C)C)s1. The summed E-state index contributed by atoms with van der Waals surface area (Å²) in [5.74, 6) is 0. The van der Waals surface area contributed by atoms with Crippen LogP contribution in [0.5, 0.6) is 0 Å². The second kappa shape index (κ2) is 4.42. The predicted octanol–water partition coefficient (Wildman–Crippen LogP) is 1.32. The molecule has 0 atom stereocenters. The first-order valence-electron chi connectivity index (χ1n) is 4.06. The number of nitrogens with one attached hydrogen (secondary N) is 1. The van der Waals surface area contributed by atoms with Crippen LogP contribution in [-0.2, 0) is 6.54 Å². The minimum Gasteiger partial charge on any atom is -0.354 e. The van der Waals surface area contributed by atoms with E-state index in [1.165, 1.54) is 4.88 Å². The summed E-state index contributed by atoms with van der Waals surface area (Å²) >= 11 is 1.73. The lowest BCUT2D eigenvalue weighted by atomic mass is 10.5. The maximum atomic E-state index is 4.27. The van der Waals surface area contributed by atoms with Crippen molar-refractivity contribution in [2.75, 3.05) is 25.5 Å². The molecule has 0 aliphatic carbocycles. The largest absolute Gasteiger partial charge is 0.354 e. The number of nitrogens with zero attached hydrogens (tertiary/aromatic N) is 2. The van der Waals surface area contributed by atoms with Crippen molar-refractivity contribution in [1.82, 2.24) is 10.3 Å². The highest BCUT2D eigenvalue weighted by atomic mass is 32.1. The van der Waals surface area contributed by atoms with E-state index in [1.54, 1.807) is 11.3 Å². The van der Waals surface area contributed by atoms with E-state index in [0.29, 0.717) is 0 Å². The normalized spacial score (nSPS) is 10.2. The van der Waals surface area contributed by atoms with Crippen LogP contribution in [0, 0.1) is 0 Å². The molecule has 0 unspecified atom stereocenters. The van der Waals surface area contributed by atoms with Crippen LogP contribution in [0.25, 0.3) is 0 Å². The summed E-state index contributed by atoms with van der Waals surface area (Å²) in [5, 5.41) is 4.34. The first kappa shape index (κ1) is 9.48. The molecule has 0 aromatic carbocycles. The molecular formula is C8H15N3S. The molecule has 1 aromatic heterocycles. The van der Waals surface area contributed by atoms with Crippen LogP contribution in [0.2, 0.25) is 0 Å². The van der Waals surface area contributed by atoms with Crippen molar-refractivity contribution in [2.24, 2.45) is 0 Å². The van der Waals surface area contributed by atoms with E-state index in [0.717, 1.165) is 18.2 Å². The van der Waals surface area contributed by atoms with Crippen molar-refractivity contribution in [1.29, 1.82) is 0 Å². The van der Waals surface area contributed by atoms with Crippen molar-refractivity contribution >= 4 is 16.5 Å². The fourth-order valence-electron chi connectivity index (χ4n) is 0.834. The van der Waals surface area contributed by atoms with Gasteiger partial charge < -0.3 is 10.2 Å². The summed E-state index contributed by atoms with van der Waals surface area (Å²) in [7, 11) is 4.02. The average molecular weight is 185 g/mol. The lowest BCUT2D eigenvalue weighted by molar-refractivity contribution is 0.734. The molecule has 0 amide bonds.